The molecule has 0 aromatic heterocycles. The number of nitrogens with one attached hydrogen (secondary N) is 1. The van der Waals surface area contributed by atoms with Crippen LogP contribution in [0.5, 0.6) is 0 Å². The molecule has 0 bridgehead atoms. The highest BCUT2D eigenvalue weighted by molar-refractivity contribution is 5.78. The van der Waals surface area contributed by atoms with Crippen molar-refractivity contribution < 1.29 is 4.79 Å². The minimum Gasteiger partial charge on any atom is -0.354 e. The van der Waals surface area contributed by atoms with Gasteiger partial charge in [0.15, 0.2) is 0 Å². The van der Waals surface area contributed by atoms with E-state index in [0.29, 0.717) is 12.6 Å². The lowest BCUT2D eigenvalue weighted by molar-refractivity contribution is -0.124. The highest BCUT2D eigenvalue weighted by Gasteiger charge is 2.33. The zero-order chi connectivity index (χ0) is 8.55. The molecule has 68 valence electrons. The molecule has 1 unspecified atom stereocenters. The van der Waals surface area contributed by atoms with Crippen LogP contribution >= 0.6 is 0 Å². The van der Waals surface area contributed by atoms with E-state index in [-0.39, 0.29) is 5.91 Å². The number of nitrogens with zero attached hydrogens (tertiary/aromatic N) is 1. The first kappa shape index (κ1) is 8.05. The molecule has 3 nitrogen and oxygen atoms in total. The molecule has 0 aromatic rings. The van der Waals surface area contributed by atoms with E-state index < -0.39 is 0 Å². The summed E-state index contributed by atoms with van der Waals surface area (Å²) in [5.74, 6) is 1.06. The summed E-state index contributed by atoms with van der Waals surface area (Å²) < 4.78 is 0. The van der Waals surface area contributed by atoms with E-state index in [9.17, 15) is 4.79 Å². The minimum absolute atomic E-state index is 0.189. The fraction of sp³-hybridized carbons (Fsp3) is 0.889. The number of carbonyl (C=O) groups excluding carboxylic acids is 1. The van der Waals surface area contributed by atoms with Crippen LogP contribution in [0.1, 0.15) is 19.8 Å². The van der Waals surface area contributed by atoms with Crippen molar-refractivity contribution in [3.63, 3.8) is 0 Å². The third-order valence-electron chi connectivity index (χ3n) is 2.95. The quantitative estimate of drug-likeness (QED) is 0.639. The molecule has 1 aliphatic heterocycles. The molecule has 1 aliphatic carbocycles. The van der Waals surface area contributed by atoms with Crippen molar-refractivity contribution in [3.8, 4) is 0 Å². The molecule has 1 N–H and O–H groups in total. The van der Waals surface area contributed by atoms with Crippen LogP contribution in [0.25, 0.3) is 0 Å². The Balaban J connectivity index is 1.88. The van der Waals surface area contributed by atoms with Crippen LogP contribution in [0.3, 0.4) is 0 Å². The van der Waals surface area contributed by atoms with Crippen molar-refractivity contribution in [1.82, 2.24) is 10.2 Å². The van der Waals surface area contributed by atoms with Gasteiger partial charge in [0.05, 0.1) is 6.54 Å². The molecule has 0 aromatic carbocycles. The van der Waals surface area contributed by atoms with Gasteiger partial charge in [0.1, 0.15) is 0 Å². The molecule has 0 spiro atoms. The molecule has 2 aliphatic rings. The molecule has 0 radical (unpaired) electrons. The van der Waals surface area contributed by atoms with Crippen molar-refractivity contribution in [2.45, 2.75) is 25.8 Å². The van der Waals surface area contributed by atoms with Crippen LogP contribution in [-0.2, 0) is 4.79 Å². The van der Waals surface area contributed by atoms with Crippen LogP contribution in [0.2, 0.25) is 0 Å². The van der Waals surface area contributed by atoms with Gasteiger partial charge in [0, 0.05) is 19.1 Å². The Kier molecular flexibility index (Phi) is 2.05. The van der Waals surface area contributed by atoms with Crippen molar-refractivity contribution in [2.24, 2.45) is 5.92 Å². The van der Waals surface area contributed by atoms with E-state index in [1.807, 2.05) is 0 Å². The Bertz CT molecular complexity index is 189. The third-order valence-corrected chi connectivity index (χ3v) is 2.95. The van der Waals surface area contributed by atoms with Crippen LogP contribution in [0, 0.1) is 5.92 Å². The maximum Gasteiger partial charge on any atom is 0.234 e. The van der Waals surface area contributed by atoms with Crippen molar-refractivity contribution in [1.29, 1.82) is 0 Å². The second-order valence-electron chi connectivity index (χ2n) is 3.90. The topological polar surface area (TPSA) is 32.3 Å². The SMILES string of the molecule is CC(C1CC1)N1CCNC(=O)C1. The zero-order valence-corrected chi connectivity index (χ0v) is 7.55. The monoisotopic (exact) mass is 168 g/mol. The normalized spacial score (nSPS) is 28.2. The molecule has 1 heterocycles. The molecule has 1 atom stereocenters. The molecule has 2 fully saturated rings. The molecule has 1 amide bonds. The molecule has 12 heavy (non-hydrogen) atoms. The molecule has 1 saturated heterocycles. The summed E-state index contributed by atoms with van der Waals surface area (Å²) in [5.41, 5.74) is 0. The molecule has 1 saturated carbocycles. The highest BCUT2D eigenvalue weighted by atomic mass is 16.2. The zero-order valence-electron chi connectivity index (χ0n) is 7.55. The van der Waals surface area contributed by atoms with Crippen LogP contribution in [0.4, 0.5) is 0 Å². The summed E-state index contributed by atoms with van der Waals surface area (Å²) in [6.07, 6.45) is 2.72. The van der Waals surface area contributed by atoms with E-state index in [0.717, 1.165) is 19.0 Å². The summed E-state index contributed by atoms with van der Waals surface area (Å²) in [6.45, 7) is 4.72. The molecular weight excluding hydrogens is 152 g/mol. The maximum atomic E-state index is 11.1. The van der Waals surface area contributed by atoms with E-state index >= 15 is 0 Å². The Hall–Kier alpha value is -0.570. The van der Waals surface area contributed by atoms with E-state index in [2.05, 4.69) is 17.1 Å². The lowest BCUT2D eigenvalue weighted by Crippen LogP contribution is -2.51. The predicted octanol–water partition coefficient (Wildman–Crippen LogP) is 0.217. The number of amides is 1. The van der Waals surface area contributed by atoms with Crippen molar-refractivity contribution >= 4 is 5.91 Å². The minimum atomic E-state index is 0.189. The number of hydrogen-bond donors (Lipinski definition) is 1. The predicted molar refractivity (Wildman–Crippen MR) is 46.8 cm³/mol. The number of piperazine rings is 1. The summed E-state index contributed by atoms with van der Waals surface area (Å²) in [4.78, 5) is 13.4. The number of hydrogen-bond acceptors (Lipinski definition) is 2. The van der Waals surface area contributed by atoms with Gasteiger partial charge >= 0.3 is 0 Å². The lowest BCUT2D eigenvalue weighted by Gasteiger charge is -2.32. The Morgan fingerprint density at radius 3 is 2.92 bits per heavy atom. The fourth-order valence-electron chi connectivity index (χ4n) is 1.88. The van der Waals surface area contributed by atoms with E-state index in [1.54, 1.807) is 0 Å². The van der Waals surface area contributed by atoms with Gasteiger partial charge in [-0.3, -0.25) is 9.69 Å². The second kappa shape index (κ2) is 3.05. The van der Waals surface area contributed by atoms with Crippen molar-refractivity contribution in [3.05, 3.63) is 0 Å². The van der Waals surface area contributed by atoms with Crippen molar-refractivity contribution in [2.75, 3.05) is 19.6 Å². The van der Waals surface area contributed by atoms with Crippen LogP contribution < -0.4 is 5.32 Å². The standard InChI is InChI=1S/C9H16N2O/c1-7(8-2-3-8)11-5-4-10-9(12)6-11/h7-8H,2-6H2,1H3,(H,10,12). The van der Waals surface area contributed by atoms with Gasteiger partial charge in [-0.1, -0.05) is 0 Å². The van der Waals surface area contributed by atoms with Gasteiger partial charge in [0.25, 0.3) is 0 Å². The first-order chi connectivity index (χ1) is 5.77. The van der Waals surface area contributed by atoms with Crippen LogP contribution in [-0.4, -0.2) is 36.5 Å². The second-order valence-corrected chi connectivity index (χ2v) is 3.90. The lowest BCUT2D eigenvalue weighted by atomic mass is 10.1. The van der Waals surface area contributed by atoms with Gasteiger partial charge < -0.3 is 5.32 Å². The van der Waals surface area contributed by atoms with Crippen LogP contribution in [0.15, 0.2) is 0 Å². The fourth-order valence-corrected chi connectivity index (χ4v) is 1.88. The van der Waals surface area contributed by atoms with Gasteiger partial charge in [-0.15, -0.1) is 0 Å². The first-order valence-corrected chi connectivity index (χ1v) is 4.78. The average Bonchev–Trinajstić information content (AvgIpc) is 2.85. The van der Waals surface area contributed by atoms with E-state index in [4.69, 9.17) is 0 Å². The molecule has 2 rings (SSSR count). The molecule has 3 heteroatoms. The largest absolute Gasteiger partial charge is 0.354 e. The smallest absolute Gasteiger partial charge is 0.234 e. The average molecular weight is 168 g/mol. The van der Waals surface area contributed by atoms with E-state index in [1.165, 1.54) is 12.8 Å². The van der Waals surface area contributed by atoms with Gasteiger partial charge in [-0.25, -0.2) is 0 Å². The Morgan fingerprint density at radius 1 is 1.58 bits per heavy atom. The van der Waals surface area contributed by atoms with Gasteiger partial charge in [-0.05, 0) is 25.7 Å². The van der Waals surface area contributed by atoms with Gasteiger partial charge in [-0.2, -0.15) is 0 Å². The summed E-state index contributed by atoms with van der Waals surface area (Å²) >= 11 is 0. The first-order valence-electron chi connectivity index (χ1n) is 4.78. The summed E-state index contributed by atoms with van der Waals surface area (Å²) in [5, 5.41) is 2.85. The highest BCUT2D eigenvalue weighted by Crippen LogP contribution is 2.35. The maximum absolute atomic E-state index is 11.1. The summed E-state index contributed by atoms with van der Waals surface area (Å²) in [6, 6.07) is 0.621. The Morgan fingerprint density at radius 2 is 2.33 bits per heavy atom. The molecular formula is C9H16N2O. The number of rotatable bonds is 2. The summed E-state index contributed by atoms with van der Waals surface area (Å²) in [7, 11) is 0. The third kappa shape index (κ3) is 1.61. The Labute approximate surface area is 73.1 Å². The van der Waals surface area contributed by atoms with Gasteiger partial charge in [0.2, 0.25) is 5.91 Å². The number of carbonyl (C=O) groups is 1.